The first kappa shape index (κ1) is 7.64. The van der Waals surface area contributed by atoms with Crippen LogP contribution in [0, 0.1) is 0 Å². The molecule has 0 N–H and O–H groups in total. The van der Waals surface area contributed by atoms with Crippen molar-refractivity contribution in [1.29, 1.82) is 0 Å². The number of hydrogen-bond donors (Lipinski definition) is 0. The fraction of sp³-hybridized carbons (Fsp3) is 1.00. The summed E-state index contributed by atoms with van der Waals surface area (Å²) in [6, 6.07) is 0. The van der Waals surface area contributed by atoms with E-state index in [4.69, 9.17) is 0 Å². The summed E-state index contributed by atoms with van der Waals surface area (Å²) in [4.78, 5) is 0. The van der Waals surface area contributed by atoms with E-state index in [1.807, 2.05) is 0 Å². The third-order valence-electron chi connectivity index (χ3n) is 1.06. The van der Waals surface area contributed by atoms with Crippen LogP contribution < -0.4 is 0 Å². The third-order valence-corrected chi connectivity index (χ3v) is 2.16. The second-order valence-electron chi connectivity index (χ2n) is 2.91. The zero-order valence-electron chi connectivity index (χ0n) is 5.21. The van der Waals surface area contributed by atoms with Crippen molar-refractivity contribution in [1.82, 2.24) is 0 Å². The van der Waals surface area contributed by atoms with E-state index >= 15 is 0 Å². The van der Waals surface area contributed by atoms with Crippen molar-refractivity contribution in [2.75, 3.05) is 0 Å². The van der Waals surface area contributed by atoms with Crippen LogP contribution in [0.3, 0.4) is 0 Å². The van der Waals surface area contributed by atoms with Crippen LogP contribution in [0.4, 0.5) is 0 Å². The van der Waals surface area contributed by atoms with Gasteiger partial charge in [0, 0.05) is 0 Å². The fourth-order valence-electron chi connectivity index (χ4n) is 0. The summed E-state index contributed by atoms with van der Waals surface area (Å²) >= 11 is 1.01. The van der Waals surface area contributed by atoms with Gasteiger partial charge in [0.25, 0.3) is 0 Å². The fourth-order valence-corrected chi connectivity index (χ4v) is 0. The molecule has 0 radical (unpaired) electrons. The summed E-state index contributed by atoms with van der Waals surface area (Å²) in [5, 5.41) is 0. The van der Waals surface area contributed by atoms with Gasteiger partial charge in [-0.2, -0.15) is 0 Å². The van der Waals surface area contributed by atoms with Crippen LogP contribution in [0.25, 0.3) is 0 Å². The van der Waals surface area contributed by atoms with E-state index in [9.17, 15) is 0 Å². The molecule has 0 saturated carbocycles. The summed E-state index contributed by atoms with van der Waals surface area (Å²) in [5.74, 6) is 0. The molecule has 0 aliphatic rings. The molecule has 0 saturated heterocycles. The van der Waals surface area contributed by atoms with Crippen LogP contribution in [-0.4, -0.2) is 49.0 Å². The maximum absolute atomic E-state index is 2.33. The van der Waals surface area contributed by atoms with Crippen molar-refractivity contribution in [2.24, 2.45) is 0 Å². The first-order chi connectivity index (χ1) is 2.56. The molecule has 1 heteroatoms. The molecule has 0 bridgehead atoms. The molecule has 0 aromatic heterocycles. The third kappa shape index (κ3) is 5.64. The SMILES string of the molecule is CC[C](C)(C)[K]. The number of hydrogen-bond acceptors (Lipinski definition) is 0. The summed E-state index contributed by atoms with van der Waals surface area (Å²) in [6.45, 7) is 6.91. The van der Waals surface area contributed by atoms with Crippen LogP contribution >= 0.6 is 0 Å². The molecule has 0 aliphatic heterocycles. The second-order valence-corrected chi connectivity index (χ2v) is 7.14. The van der Waals surface area contributed by atoms with E-state index in [1.54, 1.807) is 0 Å². The topological polar surface area (TPSA) is 0 Å². The van der Waals surface area contributed by atoms with Crippen molar-refractivity contribution in [3.63, 3.8) is 0 Å². The van der Waals surface area contributed by atoms with Gasteiger partial charge in [-0.3, -0.25) is 0 Å². The molecule has 0 amide bonds. The zero-order chi connectivity index (χ0) is 5.21. The Labute approximate surface area is 74.3 Å². The van der Waals surface area contributed by atoms with Gasteiger partial charge in [0.15, 0.2) is 0 Å². The van der Waals surface area contributed by atoms with Gasteiger partial charge in [-0.25, -0.2) is 0 Å². The average Bonchev–Trinajstić information content (AvgIpc) is 1.35. The van der Waals surface area contributed by atoms with Gasteiger partial charge in [-0.1, -0.05) is 0 Å². The molecule has 0 spiro atoms. The van der Waals surface area contributed by atoms with Crippen molar-refractivity contribution in [3.8, 4) is 0 Å². The van der Waals surface area contributed by atoms with Gasteiger partial charge < -0.3 is 0 Å². The number of rotatable bonds is 1. The Morgan fingerprint density at radius 3 is 1.67 bits per heavy atom. The molecular weight excluding hydrogens is 99.2 g/mol. The Bertz CT molecular complexity index is 33.7. The summed E-state index contributed by atoms with van der Waals surface area (Å²) in [7, 11) is 0. The standard InChI is InChI=1S/C5H11.K/c1-4-5(2)3;/h4H2,1-3H3;. The average molecular weight is 110 g/mol. The van der Waals surface area contributed by atoms with Crippen molar-refractivity contribution >= 4 is 49.0 Å². The normalized spacial score (nSPS) is 12.2. The molecule has 0 aromatic carbocycles. The van der Waals surface area contributed by atoms with Crippen LogP contribution in [-0.2, 0) is 0 Å². The Kier molecular flexibility index (Phi) is 3.60. The quantitative estimate of drug-likeness (QED) is 0.451. The van der Waals surface area contributed by atoms with Gasteiger partial charge in [-0.05, 0) is 0 Å². The molecule has 0 aliphatic carbocycles. The van der Waals surface area contributed by atoms with E-state index in [1.165, 1.54) is 6.42 Å². The van der Waals surface area contributed by atoms with Crippen molar-refractivity contribution in [3.05, 3.63) is 0 Å². The second kappa shape index (κ2) is 2.83. The summed E-state index contributed by atoms with van der Waals surface area (Å²) in [5.41, 5.74) is 0. The Morgan fingerprint density at radius 2 is 1.67 bits per heavy atom. The van der Waals surface area contributed by atoms with Gasteiger partial charge in [0.1, 0.15) is 0 Å². The monoisotopic (exact) mass is 110 g/mol. The molecule has 0 fully saturated rings. The van der Waals surface area contributed by atoms with Crippen LogP contribution in [0.15, 0.2) is 0 Å². The molecule has 0 rings (SSSR count). The predicted molar refractivity (Wildman–Crippen MR) is 30.1 cm³/mol. The Hall–Kier alpha value is 1.64. The molecule has 0 atom stereocenters. The first-order valence-corrected chi connectivity index (χ1v) is 4.12. The molecule has 0 nitrogen and oxygen atoms in total. The van der Waals surface area contributed by atoms with Crippen LogP contribution in [0.1, 0.15) is 27.2 Å². The van der Waals surface area contributed by atoms with Gasteiger partial charge in [0.2, 0.25) is 0 Å². The van der Waals surface area contributed by atoms with Crippen molar-refractivity contribution in [2.45, 2.75) is 26.7 Å². The van der Waals surface area contributed by atoms with E-state index in [-0.39, 0.29) is 0 Å². The minimum atomic E-state index is 0.729. The van der Waals surface area contributed by atoms with E-state index in [0.717, 1.165) is 48.5 Å². The van der Waals surface area contributed by atoms with Crippen molar-refractivity contribution < 1.29 is 0 Å². The van der Waals surface area contributed by atoms with E-state index in [2.05, 4.69) is 20.8 Å². The van der Waals surface area contributed by atoms with Gasteiger partial charge in [0.05, 0.1) is 0 Å². The molecule has 32 valence electrons. The van der Waals surface area contributed by atoms with E-state index in [0.29, 0.717) is 0 Å². The van der Waals surface area contributed by atoms with E-state index < -0.39 is 0 Å². The Morgan fingerprint density at radius 1 is 1.50 bits per heavy atom. The Balaban J connectivity index is 3.17. The molecule has 0 heterocycles. The minimum absolute atomic E-state index is 0.729. The summed E-state index contributed by atoms with van der Waals surface area (Å²) in [6.07, 6.45) is 1.35. The van der Waals surface area contributed by atoms with Gasteiger partial charge >= 0.3 is 75.7 Å². The first-order valence-electron chi connectivity index (χ1n) is 2.56. The molecule has 6 heavy (non-hydrogen) atoms. The molecule has 0 aromatic rings. The van der Waals surface area contributed by atoms with Crippen LogP contribution in [0.5, 0.6) is 0 Å². The molecule has 0 unspecified atom stereocenters. The van der Waals surface area contributed by atoms with Crippen LogP contribution in [0.2, 0.25) is -0.490 Å². The zero-order valence-corrected chi connectivity index (χ0v) is 8.33. The molecular formula is C5H11K. The summed E-state index contributed by atoms with van der Waals surface area (Å²) < 4.78 is 0.729. The predicted octanol–water partition coefficient (Wildman–Crippen LogP) is 1.76. The van der Waals surface area contributed by atoms with Gasteiger partial charge in [-0.15, -0.1) is 0 Å². The maximum atomic E-state index is 2.33.